The van der Waals surface area contributed by atoms with Gasteiger partial charge in [0.15, 0.2) is 0 Å². The van der Waals surface area contributed by atoms with Gasteiger partial charge in [-0.25, -0.2) is 4.79 Å². The Balaban J connectivity index is 1.47. The molecule has 0 spiro atoms. The zero-order valence-corrected chi connectivity index (χ0v) is 24.4. The second-order valence-electron chi connectivity index (χ2n) is 9.88. The van der Waals surface area contributed by atoms with Gasteiger partial charge >= 0.3 is 12.3 Å². The average molecular weight is 639 g/mol. The Morgan fingerprint density at radius 1 is 1.11 bits per heavy atom. The van der Waals surface area contributed by atoms with Crippen LogP contribution in [0.5, 0.6) is 0 Å². The van der Waals surface area contributed by atoms with Crippen LogP contribution in [-0.2, 0) is 9.53 Å². The fourth-order valence-corrected chi connectivity index (χ4v) is 4.85. The highest BCUT2D eigenvalue weighted by Crippen LogP contribution is 2.36. The number of aromatic nitrogens is 5. The quantitative estimate of drug-likeness (QED) is 0.176. The minimum Gasteiger partial charge on any atom is -0.453 e. The molecule has 15 heteroatoms. The smallest absolute Gasteiger partial charge is 0.411 e. The third-order valence-corrected chi connectivity index (χ3v) is 7.09. The second kappa shape index (κ2) is 13.6. The van der Waals surface area contributed by atoms with Crippen molar-refractivity contribution in [3.8, 4) is 16.8 Å². The van der Waals surface area contributed by atoms with E-state index in [-0.39, 0.29) is 24.2 Å². The first-order chi connectivity index (χ1) is 21.6. The number of carbonyl (C=O) groups is 2. The Hall–Kier alpha value is -5.24. The number of hydrogen-bond acceptors (Lipinski definition) is 8. The Morgan fingerprint density at radius 2 is 1.93 bits per heavy atom. The Morgan fingerprint density at radius 3 is 2.69 bits per heavy atom. The first-order valence-electron chi connectivity index (χ1n) is 13.6. The van der Waals surface area contributed by atoms with E-state index in [0.717, 1.165) is 0 Å². The van der Waals surface area contributed by atoms with Crippen LogP contribution in [0.1, 0.15) is 30.1 Å². The lowest BCUT2D eigenvalue weighted by atomic mass is 9.98. The number of alkyl halides is 3. The number of carbonyl (C=O) groups excluding carboxylic acids is 2. The van der Waals surface area contributed by atoms with Gasteiger partial charge in [-0.15, -0.1) is 5.10 Å². The predicted molar refractivity (Wildman–Crippen MR) is 162 cm³/mol. The number of tetrazole rings is 1. The molecule has 2 aromatic heterocycles. The Bertz CT molecular complexity index is 1740. The molecule has 0 fully saturated rings. The number of hydrogen-bond donors (Lipinski definition) is 3. The first kappa shape index (κ1) is 31.2. The lowest BCUT2D eigenvalue weighted by Gasteiger charge is -2.25. The van der Waals surface area contributed by atoms with Crippen molar-refractivity contribution in [3.63, 3.8) is 0 Å². The van der Waals surface area contributed by atoms with Gasteiger partial charge in [0, 0.05) is 39.8 Å². The van der Waals surface area contributed by atoms with E-state index in [0.29, 0.717) is 33.1 Å². The molecular weight excluding hydrogens is 613 g/mol. The van der Waals surface area contributed by atoms with E-state index in [4.69, 9.17) is 11.6 Å². The summed E-state index contributed by atoms with van der Waals surface area (Å²) in [7, 11) is 1.18. The molecule has 4 aromatic rings. The summed E-state index contributed by atoms with van der Waals surface area (Å²) >= 11 is 6.18. The number of benzene rings is 2. The van der Waals surface area contributed by atoms with Gasteiger partial charge in [-0.05, 0) is 77.4 Å². The average Bonchev–Trinajstić information content (AvgIpc) is 3.55. The maximum Gasteiger partial charge on any atom is 0.411 e. The number of anilines is 2. The van der Waals surface area contributed by atoms with E-state index < -0.39 is 30.3 Å². The summed E-state index contributed by atoms with van der Waals surface area (Å²) in [5, 5.41) is 19.6. The summed E-state index contributed by atoms with van der Waals surface area (Å²) in [6.45, 7) is 0. The number of halogens is 4. The Kier molecular flexibility index (Phi) is 9.42. The number of rotatable bonds is 5. The van der Waals surface area contributed by atoms with Crippen LogP contribution in [0.3, 0.4) is 0 Å². The van der Waals surface area contributed by atoms with Gasteiger partial charge in [0.25, 0.3) is 0 Å². The minimum atomic E-state index is -4.58. The van der Waals surface area contributed by atoms with Gasteiger partial charge < -0.3 is 15.4 Å². The van der Waals surface area contributed by atoms with Gasteiger partial charge in [-0.3, -0.25) is 15.1 Å². The molecule has 0 aliphatic carbocycles. The van der Waals surface area contributed by atoms with Crippen LogP contribution in [0.4, 0.5) is 29.3 Å². The third kappa shape index (κ3) is 7.84. The fraction of sp³-hybridized carbons (Fsp3) is 0.200. The number of nitrogens with one attached hydrogen (secondary N) is 3. The van der Waals surface area contributed by atoms with E-state index in [9.17, 15) is 22.8 Å². The highest BCUT2D eigenvalue weighted by molar-refractivity contribution is 6.30. The van der Waals surface area contributed by atoms with Crippen molar-refractivity contribution in [1.29, 1.82) is 0 Å². The lowest BCUT2D eigenvalue weighted by molar-refractivity contribution is -0.141. The van der Waals surface area contributed by atoms with Crippen molar-refractivity contribution in [3.05, 3.63) is 95.6 Å². The zero-order chi connectivity index (χ0) is 32.0. The normalized spacial score (nSPS) is 17.3. The molecule has 1 aliphatic rings. The standard InChI is InChI=1S/C30H26ClF3N8O3/c1-45-29(44)37-21-8-9-22-18-12-13-35-25(15-18)23(4-2-3-5-27(30(32,33)34)38-24(22)16-21)39-28(43)11-6-19-14-20(31)7-10-26(19)42-17-36-40-41-42/h2-3,6-17,23,27,38H,4-5H2,1H3,(H,37,44)(H,39,43)/b3-2-,11-6+/t23?,27-/m0/s1. The number of pyridine rings is 1. The second-order valence-corrected chi connectivity index (χ2v) is 10.3. The molecule has 3 N–H and O–H groups in total. The molecule has 2 bridgehead atoms. The first-order valence-corrected chi connectivity index (χ1v) is 13.9. The summed E-state index contributed by atoms with van der Waals surface area (Å²) in [5.74, 6) is -0.468. The summed E-state index contributed by atoms with van der Waals surface area (Å²) in [6.07, 6.45) is 3.24. The van der Waals surface area contributed by atoms with Gasteiger partial charge in [-0.2, -0.15) is 17.9 Å². The molecule has 1 unspecified atom stereocenters. The highest BCUT2D eigenvalue weighted by Gasteiger charge is 2.39. The molecule has 0 saturated heterocycles. The molecule has 11 nitrogen and oxygen atoms in total. The van der Waals surface area contributed by atoms with Crippen LogP contribution in [0.2, 0.25) is 5.02 Å². The van der Waals surface area contributed by atoms with E-state index in [1.165, 1.54) is 42.5 Å². The van der Waals surface area contributed by atoms with Gasteiger partial charge in [-0.1, -0.05) is 29.8 Å². The number of fused-ring (bicyclic) bond motifs is 4. The lowest BCUT2D eigenvalue weighted by Crippen LogP contribution is -2.36. The largest absolute Gasteiger partial charge is 0.453 e. The summed E-state index contributed by atoms with van der Waals surface area (Å²) < 4.78 is 48.3. The van der Waals surface area contributed by atoms with Crippen LogP contribution in [0.25, 0.3) is 22.9 Å². The summed E-state index contributed by atoms with van der Waals surface area (Å²) in [4.78, 5) is 29.3. The maximum absolute atomic E-state index is 14.1. The van der Waals surface area contributed by atoms with E-state index in [1.54, 1.807) is 54.6 Å². The van der Waals surface area contributed by atoms with Crippen molar-refractivity contribution in [1.82, 2.24) is 30.5 Å². The molecule has 232 valence electrons. The molecule has 2 amide bonds. The molecule has 1 aliphatic heterocycles. The van der Waals surface area contributed by atoms with Crippen LogP contribution in [0, 0.1) is 0 Å². The Labute approximate surface area is 260 Å². The number of nitrogens with zero attached hydrogens (tertiary/aromatic N) is 5. The number of amides is 2. The van der Waals surface area contributed by atoms with Crippen LogP contribution in [0.15, 0.2) is 79.3 Å². The van der Waals surface area contributed by atoms with Gasteiger partial charge in [0.1, 0.15) is 12.4 Å². The number of ether oxygens (including phenoxy) is 1. The molecule has 45 heavy (non-hydrogen) atoms. The molecule has 5 rings (SSSR count). The molecule has 2 atom stereocenters. The predicted octanol–water partition coefficient (Wildman–Crippen LogP) is 6.12. The molecule has 3 heterocycles. The van der Waals surface area contributed by atoms with Crippen LogP contribution < -0.4 is 16.0 Å². The zero-order valence-electron chi connectivity index (χ0n) is 23.6. The number of methoxy groups -OCH3 is 1. The van der Waals surface area contributed by atoms with Crippen molar-refractivity contribution in [2.75, 3.05) is 17.7 Å². The summed E-state index contributed by atoms with van der Waals surface area (Å²) in [5.41, 5.74) is 3.03. The van der Waals surface area contributed by atoms with Crippen molar-refractivity contribution in [2.45, 2.75) is 31.1 Å². The molecule has 0 saturated carbocycles. The highest BCUT2D eigenvalue weighted by atomic mass is 35.5. The third-order valence-electron chi connectivity index (χ3n) is 6.85. The van der Waals surface area contributed by atoms with Gasteiger partial charge in [0.2, 0.25) is 5.91 Å². The molecule has 0 radical (unpaired) electrons. The SMILES string of the molecule is COC(=O)Nc1ccc2c(c1)N[C@H](C(F)(F)F)C/C=C\CC(NC(=O)/C=C/c1cc(Cl)ccc1-n1cnnn1)c1cc-2ccn1. The summed E-state index contributed by atoms with van der Waals surface area (Å²) in [6, 6.07) is 10.3. The topological polar surface area (TPSA) is 136 Å². The fourth-order valence-electron chi connectivity index (χ4n) is 4.67. The van der Waals surface area contributed by atoms with Crippen molar-refractivity contribution >= 4 is 41.1 Å². The molecule has 2 aromatic carbocycles. The van der Waals surface area contributed by atoms with Crippen LogP contribution in [-0.4, -0.2) is 56.5 Å². The molecular formula is C30H26ClF3N8O3. The minimum absolute atomic E-state index is 0.140. The monoisotopic (exact) mass is 638 g/mol. The van der Waals surface area contributed by atoms with E-state index in [2.05, 4.69) is 41.2 Å². The van der Waals surface area contributed by atoms with E-state index in [1.807, 2.05) is 0 Å². The van der Waals surface area contributed by atoms with Crippen molar-refractivity contribution in [2.24, 2.45) is 0 Å². The van der Waals surface area contributed by atoms with Gasteiger partial charge in [0.05, 0.1) is 24.5 Å². The van der Waals surface area contributed by atoms with E-state index >= 15 is 0 Å². The van der Waals surface area contributed by atoms with Crippen LogP contribution >= 0.6 is 11.6 Å². The van der Waals surface area contributed by atoms with Crippen molar-refractivity contribution < 1.29 is 27.5 Å². The maximum atomic E-state index is 14.1.